The van der Waals surface area contributed by atoms with E-state index in [9.17, 15) is 18.0 Å². The molecule has 0 saturated carbocycles. The van der Waals surface area contributed by atoms with E-state index in [-0.39, 0.29) is 5.41 Å². The number of carbonyl (C=O) groups excluding carboxylic acids is 1. The van der Waals surface area contributed by atoms with Gasteiger partial charge in [0.1, 0.15) is 0 Å². The fraction of sp³-hybridized carbons (Fsp3) is 0.579. The lowest BCUT2D eigenvalue weighted by atomic mass is 9.70. The first kappa shape index (κ1) is 21.2. The fourth-order valence-electron chi connectivity index (χ4n) is 3.51. The van der Waals surface area contributed by atoms with Crippen LogP contribution in [0.4, 0.5) is 18.9 Å². The first-order chi connectivity index (χ1) is 12.5. The Bertz CT molecular complexity index is 654. The maximum Gasteiger partial charge on any atom is 0.490 e. The molecule has 1 N–H and O–H groups in total. The number of nitrogens with zero attached hydrogens (tertiary/aromatic N) is 2. The Labute approximate surface area is 156 Å². The maximum atomic E-state index is 12.6. The number of amides is 1. The average molecular weight is 386 g/mol. The molecule has 0 bridgehead atoms. The van der Waals surface area contributed by atoms with E-state index in [1.807, 2.05) is 35.2 Å². The Morgan fingerprint density at radius 3 is 2.11 bits per heavy atom. The Hall–Kier alpha value is -2.09. The number of hydrogen-bond donors (Lipinski definition) is 1. The summed E-state index contributed by atoms with van der Waals surface area (Å²) in [5.74, 6) is -1.71. The zero-order chi connectivity index (χ0) is 20.2. The highest BCUT2D eigenvalue weighted by Gasteiger charge is 2.53. The van der Waals surface area contributed by atoms with Crippen LogP contribution in [-0.2, 0) is 9.59 Å². The van der Waals surface area contributed by atoms with E-state index in [1.165, 1.54) is 0 Å². The predicted octanol–water partition coefficient (Wildman–Crippen LogP) is 3.40. The number of para-hydroxylation sites is 1. The summed E-state index contributed by atoms with van der Waals surface area (Å²) in [6.45, 7) is 8.74. The van der Waals surface area contributed by atoms with Crippen LogP contribution in [0.1, 0.15) is 26.7 Å². The topological polar surface area (TPSA) is 60.9 Å². The lowest BCUT2D eigenvalue weighted by molar-refractivity contribution is -0.192. The molecule has 0 radical (unpaired) electrons. The SMILES string of the molecule is CC(C)CN1CCC2(CC1)CN(c1ccccc1)C2=O.O=C(O)C(F)(F)F. The van der Waals surface area contributed by atoms with Gasteiger partial charge in [-0.05, 0) is 44.0 Å². The lowest BCUT2D eigenvalue weighted by Gasteiger charge is -2.52. The standard InChI is InChI=1S/C17H24N2O.C2HF3O2/c1-14(2)12-18-10-8-17(9-11-18)13-19(16(17)20)15-6-4-3-5-7-15;3-2(4,5)1(6)7/h3-7,14H,8-13H2,1-2H3;(H,6,7). The molecule has 27 heavy (non-hydrogen) atoms. The zero-order valence-corrected chi connectivity index (χ0v) is 15.5. The van der Waals surface area contributed by atoms with Crippen LogP contribution in [0.25, 0.3) is 0 Å². The van der Waals surface area contributed by atoms with Crippen LogP contribution in [0.3, 0.4) is 0 Å². The van der Waals surface area contributed by atoms with Gasteiger partial charge in [-0.15, -0.1) is 0 Å². The quantitative estimate of drug-likeness (QED) is 0.809. The molecule has 2 saturated heterocycles. The van der Waals surface area contributed by atoms with Crippen molar-refractivity contribution in [3.8, 4) is 0 Å². The number of benzene rings is 1. The molecule has 8 heteroatoms. The summed E-state index contributed by atoms with van der Waals surface area (Å²) in [4.78, 5) is 25.9. The minimum atomic E-state index is -5.08. The molecule has 1 amide bonds. The van der Waals surface area contributed by atoms with Crippen LogP contribution in [0.5, 0.6) is 0 Å². The predicted molar refractivity (Wildman–Crippen MR) is 95.4 cm³/mol. The fourth-order valence-corrected chi connectivity index (χ4v) is 3.51. The number of halogens is 3. The molecular weight excluding hydrogens is 361 g/mol. The van der Waals surface area contributed by atoms with Crippen molar-refractivity contribution in [2.24, 2.45) is 11.3 Å². The van der Waals surface area contributed by atoms with E-state index < -0.39 is 12.1 Å². The third kappa shape index (κ3) is 5.22. The number of piperidine rings is 1. The van der Waals surface area contributed by atoms with Gasteiger partial charge < -0.3 is 14.9 Å². The van der Waals surface area contributed by atoms with Crippen molar-refractivity contribution < 1.29 is 27.9 Å². The van der Waals surface area contributed by atoms with Crippen molar-refractivity contribution in [3.05, 3.63) is 30.3 Å². The lowest BCUT2D eigenvalue weighted by Crippen LogP contribution is -2.65. The van der Waals surface area contributed by atoms with Gasteiger partial charge in [0.2, 0.25) is 5.91 Å². The molecule has 1 aromatic rings. The smallest absolute Gasteiger partial charge is 0.475 e. The summed E-state index contributed by atoms with van der Waals surface area (Å²) in [6.07, 6.45) is -3.02. The molecule has 1 spiro atoms. The van der Waals surface area contributed by atoms with Crippen LogP contribution < -0.4 is 4.90 Å². The van der Waals surface area contributed by atoms with Crippen molar-refractivity contribution in [2.45, 2.75) is 32.9 Å². The van der Waals surface area contributed by atoms with Gasteiger partial charge in [0.25, 0.3) is 0 Å². The van der Waals surface area contributed by atoms with Crippen molar-refractivity contribution in [2.75, 3.05) is 31.1 Å². The average Bonchev–Trinajstić information content (AvgIpc) is 2.60. The molecule has 0 aromatic heterocycles. The van der Waals surface area contributed by atoms with Crippen molar-refractivity contribution in [1.29, 1.82) is 0 Å². The molecule has 0 aliphatic carbocycles. The Morgan fingerprint density at radius 2 is 1.70 bits per heavy atom. The summed E-state index contributed by atoms with van der Waals surface area (Å²) in [5, 5.41) is 7.12. The largest absolute Gasteiger partial charge is 0.490 e. The van der Waals surface area contributed by atoms with Gasteiger partial charge in [-0.1, -0.05) is 32.0 Å². The molecule has 2 heterocycles. The van der Waals surface area contributed by atoms with Crippen LogP contribution >= 0.6 is 0 Å². The Morgan fingerprint density at radius 1 is 1.19 bits per heavy atom. The van der Waals surface area contributed by atoms with Crippen molar-refractivity contribution in [1.82, 2.24) is 4.90 Å². The van der Waals surface area contributed by atoms with Gasteiger partial charge >= 0.3 is 12.1 Å². The molecule has 0 atom stereocenters. The van der Waals surface area contributed by atoms with Crippen LogP contribution in [0.15, 0.2) is 30.3 Å². The van der Waals surface area contributed by atoms with Gasteiger partial charge in [-0.3, -0.25) is 4.79 Å². The number of alkyl halides is 3. The van der Waals surface area contributed by atoms with Gasteiger partial charge in [0.15, 0.2) is 0 Å². The first-order valence-corrected chi connectivity index (χ1v) is 8.95. The van der Waals surface area contributed by atoms with Gasteiger partial charge in [-0.25, -0.2) is 4.79 Å². The molecule has 0 unspecified atom stereocenters. The molecule has 2 aliphatic heterocycles. The summed E-state index contributed by atoms with van der Waals surface area (Å²) in [5.41, 5.74) is 0.997. The van der Waals surface area contributed by atoms with Gasteiger partial charge in [-0.2, -0.15) is 13.2 Å². The van der Waals surface area contributed by atoms with Gasteiger partial charge in [0.05, 0.1) is 5.41 Å². The van der Waals surface area contributed by atoms with Crippen LogP contribution in [0, 0.1) is 11.3 Å². The highest BCUT2D eigenvalue weighted by Crippen LogP contribution is 2.43. The molecule has 150 valence electrons. The monoisotopic (exact) mass is 386 g/mol. The third-order valence-electron chi connectivity index (χ3n) is 4.91. The number of carboxylic acid groups (broad SMARTS) is 1. The second-order valence-electron chi connectivity index (χ2n) is 7.50. The van der Waals surface area contributed by atoms with E-state index in [2.05, 4.69) is 18.7 Å². The van der Waals surface area contributed by atoms with E-state index in [1.54, 1.807) is 0 Å². The third-order valence-corrected chi connectivity index (χ3v) is 4.91. The van der Waals surface area contributed by atoms with E-state index >= 15 is 0 Å². The number of β-lactam (4-membered cyclic amide) rings is 1. The number of rotatable bonds is 3. The number of carboxylic acids is 1. The zero-order valence-electron chi connectivity index (χ0n) is 15.5. The highest BCUT2D eigenvalue weighted by molar-refractivity contribution is 6.04. The van der Waals surface area contributed by atoms with Crippen molar-refractivity contribution in [3.63, 3.8) is 0 Å². The molecule has 2 fully saturated rings. The van der Waals surface area contributed by atoms with E-state index in [4.69, 9.17) is 9.90 Å². The molecule has 3 rings (SSSR count). The Kier molecular flexibility index (Phi) is 6.51. The van der Waals surface area contributed by atoms with Gasteiger partial charge in [0, 0.05) is 18.8 Å². The maximum absolute atomic E-state index is 12.6. The number of anilines is 1. The van der Waals surface area contributed by atoms with Crippen LogP contribution in [0.2, 0.25) is 0 Å². The number of hydrogen-bond acceptors (Lipinski definition) is 3. The first-order valence-electron chi connectivity index (χ1n) is 8.95. The van der Waals surface area contributed by atoms with E-state index in [0.29, 0.717) is 11.8 Å². The van der Waals surface area contributed by atoms with Crippen LogP contribution in [-0.4, -0.2) is 54.2 Å². The second-order valence-corrected chi connectivity index (χ2v) is 7.50. The minimum Gasteiger partial charge on any atom is -0.475 e. The Balaban J connectivity index is 0.000000321. The summed E-state index contributed by atoms with van der Waals surface area (Å²) < 4.78 is 31.7. The number of carbonyl (C=O) groups is 2. The molecule has 1 aromatic carbocycles. The summed E-state index contributed by atoms with van der Waals surface area (Å²) >= 11 is 0. The minimum absolute atomic E-state index is 0.0523. The summed E-state index contributed by atoms with van der Waals surface area (Å²) in [6, 6.07) is 10.0. The highest BCUT2D eigenvalue weighted by atomic mass is 19.4. The summed E-state index contributed by atoms with van der Waals surface area (Å²) in [7, 11) is 0. The van der Waals surface area contributed by atoms with Crippen molar-refractivity contribution >= 4 is 17.6 Å². The molecule has 5 nitrogen and oxygen atoms in total. The molecule has 2 aliphatic rings. The second kappa shape index (κ2) is 8.29. The normalized spacial score (nSPS) is 19.5. The number of aliphatic carboxylic acids is 1. The molecular formula is C19H25F3N2O3. The number of likely N-dealkylation sites (tertiary alicyclic amines) is 1. The van der Waals surface area contributed by atoms with E-state index in [0.717, 1.165) is 44.7 Å².